The highest BCUT2D eigenvalue weighted by atomic mass is 32.2. The van der Waals surface area contributed by atoms with Crippen molar-refractivity contribution in [2.45, 2.75) is 51.5 Å². The Labute approximate surface area is 148 Å². The molecule has 2 aliphatic rings. The van der Waals surface area contributed by atoms with Gasteiger partial charge < -0.3 is 5.32 Å². The zero-order chi connectivity index (χ0) is 18.0. The Bertz CT molecular complexity index is 750. The van der Waals surface area contributed by atoms with Crippen molar-refractivity contribution < 1.29 is 18.0 Å². The highest BCUT2D eigenvalue weighted by Crippen LogP contribution is 2.28. The van der Waals surface area contributed by atoms with Gasteiger partial charge in [0.25, 0.3) is 5.91 Å². The molecule has 0 spiro atoms. The summed E-state index contributed by atoms with van der Waals surface area (Å²) in [5.74, 6) is -1.28. The zero-order valence-electron chi connectivity index (χ0n) is 14.4. The molecule has 1 atom stereocenters. The summed E-state index contributed by atoms with van der Waals surface area (Å²) >= 11 is 0. The van der Waals surface area contributed by atoms with Crippen LogP contribution in [0, 0.1) is 5.92 Å². The van der Waals surface area contributed by atoms with Gasteiger partial charge in [0.1, 0.15) is 0 Å². The largest absolute Gasteiger partial charge is 0.349 e. The van der Waals surface area contributed by atoms with E-state index in [0.717, 1.165) is 30.0 Å². The van der Waals surface area contributed by atoms with Gasteiger partial charge in [-0.15, -0.1) is 0 Å². The molecule has 1 N–H and O–H groups in total. The van der Waals surface area contributed by atoms with Gasteiger partial charge in [0, 0.05) is 11.6 Å². The lowest BCUT2D eigenvalue weighted by Crippen LogP contribution is -2.34. The quantitative estimate of drug-likeness (QED) is 0.835. The van der Waals surface area contributed by atoms with Crippen molar-refractivity contribution >= 4 is 27.5 Å². The molecule has 1 aromatic carbocycles. The predicted octanol–water partition coefficient (Wildman–Crippen LogP) is 2.45. The van der Waals surface area contributed by atoms with Crippen molar-refractivity contribution in [1.29, 1.82) is 0 Å². The number of hydrogen-bond donors (Lipinski definition) is 1. The average Bonchev–Trinajstić information content (AvgIpc) is 2.76. The number of rotatable bonds is 3. The van der Waals surface area contributed by atoms with E-state index in [1.807, 2.05) is 0 Å². The molecule has 0 bridgehead atoms. The number of nitrogens with one attached hydrogen (secondary N) is 1. The van der Waals surface area contributed by atoms with E-state index in [-0.39, 0.29) is 17.7 Å². The van der Waals surface area contributed by atoms with Crippen LogP contribution in [0.5, 0.6) is 0 Å². The van der Waals surface area contributed by atoms with Gasteiger partial charge in [-0.2, -0.15) is 0 Å². The summed E-state index contributed by atoms with van der Waals surface area (Å²) in [4.78, 5) is 24.5. The van der Waals surface area contributed by atoms with E-state index in [4.69, 9.17) is 0 Å². The number of nitrogens with zero attached hydrogens (tertiary/aromatic N) is 1. The number of anilines is 1. The molecule has 1 aliphatic carbocycles. The molecular weight excluding hydrogens is 340 g/mol. The number of hydrogen-bond acceptors (Lipinski definition) is 4. The Hall–Kier alpha value is -1.89. The third kappa shape index (κ3) is 3.86. The minimum atomic E-state index is -3.62. The van der Waals surface area contributed by atoms with Crippen LogP contribution in [0.15, 0.2) is 24.3 Å². The second-order valence-electron chi connectivity index (χ2n) is 6.99. The smallest absolute Gasteiger partial charge is 0.251 e. The van der Waals surface area contributed by atoms with E-state index in [2.05, 4.69) is 5.32 Å². The molecule has 2 fully saturated rings. The van der Waals surface area contributed by atoms with Gasteiger partial charge in [-0.3, -0.25) is 9.59 Å². The maximum absolute atomic E-state index is 12.4. The normalized spacial score (nSPS) is 24.1. The molecule has 1 aromatic rings. The summed E-state index contributed by atoms with van der Waals surface area (Å²) in [6.45, 7) is 1.61. The fourth-order valence-corrected chi connectivity index (χ4v) is 5.35. The number of amides is 2. The van der Waals surface area contributed by atoms with Crippen molar-refractivity contribution in [2.75, 3.05) is 10.1 Å². The highest BCUT2D eigenvalue weighted by Gasteiger charge is 2.41. The van der Waals surface area contributed by atoms with Gasteiger partial charge in [0.2, 0.25) is 15.9 Å². The molecule has 1 unspecified atom stereocenters. The first-order chi connectivity index (χ1) is 11.9. The van der Waals surface area contributed by atoms with Crippen LogP contribution < -0.4 is 9.62 Å². The molecule has 1 saturated heterocycles. The first-order valence-electron chi connectivity index (χ1n) is 8.86. The molecule has 0 radical (unpaired) electrons. The van der Waals surface area contributed by atoms with E-state index in [1.54, 1.807) is 19.1 Å². The van der Waals surface area contributed by atoms with Crippen LogP contribution >= 0.6 is 0 Å². The first kappa shape index (κ1) is 17.9. The molecule has 1 saturated carbocycles. The van der Waals surface area contributed by atoms with Gasteiger partial charge in [0.05, 0.1) is 17.4 Å². The molecule has 3 rings (SSSR count). The molecular formula is C18H24N2O4S. The molecule has 0 aromatic heterocycles. The van der Waals surface area contributed by atoms with E-state index >= 15 is 0 Å². The summed E-state index contributed by atoms with van der Waals surface area (Å²) < 4.78 is 25.1. The zero-order valence-corrected chi connectivity index (χ0v) is 15.2. The van der Waals surface area contributed by atoms with Gasteiger partial charge in [-0.1, -0.05) is 32.6 Å². The first-order valence-corrected chi connectivity index (χ1v) is 10.5. The fraction of sp³-hybridized carbons (Fsp3) is 0.556. The lowest BCUT2D eigenvalue weighted by molar-refractivity contribution is -0.119. The SMILES string of the molecule is CC1CS(=O)(=O)N(c2ccc(C(=O)NC3CCCCCC3)cc2)C1=O. The Kier molecular flexibility index (Phi) is 5.13. The Morgan fingerprint density at radius 3 is 2.20 bits per heavy atom. The van der Waals surface area contributed by atoms with Crippen LogP contribution in [0.25, 0.3) is 0 Å². The maximum atomic E-state index is 12.4. The summed E-state index contributed by atoms with van der Waals surface area (Å²) in [7, 11) is -3.62. The number of sulfonamides is 1. The number of carbonyl (C=O) groups is 2. The molecule has 1 heterocycles. The molecule has 7 heteroatoms. The van der Waals surface area contributed by atoms with Crippen molar-refractivity contribution in [2.24, 2.45) is 5.92 Å². The fourth-order valence-electron chi connectivity index (χ4n) is 3.53. The van der Waals surface area contributed by atoms with E-state index in [9.17, 15) is 18.0 Å². The molecule has 6 nitrogen and oxygen atoms in total. The lowest BCUT2D eigenvalue weighted by atomic mass is 10.1. The van der Waals surface area contributed by atoms with Crippen molar-refractivity contribution in [1.82, 2.24) is 5.32 Å². The maximum Gasteiger partial charge on any atom is 0.251 e. The summed E-state index contributed by atoms with van der Waals surface area (Å²) in [6, 6.07) is 6.40. The van der Waals surface area contributed by atoms with Crippen LogP contribution in [0.1, 0.15) is 55.8 Å². The topological polar surface area (TPSA) is 83.6 Å². The van der Waals surface area contributed by atoms with Gasteiger partial charge in [-0.05, 0) is 37.1 Å². The minimum Gasteiger partial charge on any atom is -0.349 e. The minimum absolute atomic E-state index is 0.151. The van der Waals surface area contributed by atoms with Crippen LogP contribution in [0.4, 0.5) is 5.69 Å². The Balaban J connectivity index is 1.71. The Morgan fingerprint density at radius 2 is 1.68 bits per heavy atom. The second kappa shape index (κ2) is 7.15. The number of benzene rings is 1. The molecule has 136 valence electrons. The van der Waals surface area contributed by atoms with E-state index in [0.29, 0.717) is 11.3 Å². The van der Waals surface area contributed by atoms with Gasteiger partial charge in [0.15, 0.2) is 0 Å². The third-order valence-electron chi connectivity index (χ3n) is 4.91. The summed E-state index contributed by atoms with van der Waals surface area (Å²) in [5, 5.41) is 3.06. The van der Waals surface area contributed by atoms with Crippen molar-refractivity contribution in [3.05, 3.63) is 29.8 Å². The lowest BCUT2D eigenvalue weighted by Gasteiger charge is -2.17. The third-order valence-corrected chi connectivity index (χ3v) is 6.78. The standard InChI is InChI=1S/C18H24N2O4S/c1-13-12-25(23,24)20(18(13)22)16-10-8-14(9-11-16)17(21)19-15-6-4-2-3-5-7-15/h8-11,13,15H,2-7,12H2,1H3,(H,19,21). The molecule has 2 amide bonds. The Morgan fingerprint density at radius 1 is 1.08 bits per heavy atom. The molecule has 1 aliphatic heterocycles. The van der Waals surface area contributed by atoms with Gasteiger partial charge >= 0.3 is 0 Å². The van der Waals surface area contributed by atoms with E-state index < -0.39 is 21.8 Å². The highest BCUT2D eigenvalue weighted by molar-refractivity contribution is 7.94. The predicted molar refractivity (Wildman–Crippen MR) is 95.8 cm³/mol. The molecule has 25 heavy (non-hydrogen) atoms. The monoisotopic (exact) mass is 364 g/mol. The second-order valence-corrected chi connectivity index (χ2v) is 8.85. The van der Waals surface area contributed by atoms with Crippen LogP contribution in [-0.4, -0.2) is 32.0 Å². The average molecular weight is 364 g/mol. The van der Waals surface area contributed by atoms with E-state index in [1.165, 1.54) is 25.0 Å². The van der Waals surface area contributed by atoms with Crippen LogP contribution in [0.2, 0.25) is 0 Å². The summed E-state index contributed by atoms with van der Waals surface area (Å²) in [5.41, 5.74) is 0.769. The van der Waals surface area contributed by atoms with Crippen LogP contribution in [-0.2, 0) is 14.8 Å². The van der Waals surface area contributed by atoms with Crippen LogP contribution in [0.3, 0.4) is 0 Å². The van der Waals surface area contributed by atoms with Crippen molar-refractivity contribution in [3.63, 3.8) is 0 Å². The summed E-state index contributed by atoms with van der Waals surface area (Å²) in [6.07, 6.45) is 6.72. The van der Waals surface area contributed by atoms with Gasteiger partial charge in [-0.25, -0.2) is 12.7 Å². The van der Waals surface area contributed by atoms with Crippen molar-refractivity contribution in [3.8, 4) is 0 Å². The number of carbonyl (C=O) groups excluding carboxylic acids is 2.